The molecule has 0 saturated carbocycles. The summed E-state index contributed by atoms with van der Waals surface area (Å²) >= 11 is 1.93. The first-order chi connectivity index (χ1) is 6.11. The second kappa shape index (κ2) is 7.69. The summed E-state index contributed by atoms with van der Waals surface area (Å²) in [6.07, 6.45) is 3.63. The lowest BCUT2D eigenvalue weighted by Crippen LogP contribution is -2.19. The molecule has 0 radical (unpaired) electrons. The van der Waals surface area contributed by atoms with Crippen LogP contribution in [-0.4, -0.2) is 11.1 Å². The maximum absolute atomic E-state index is 5.94. The van der Waals surface area contributed by atoms with E-state index in [1.54, 1.807) is 0 Å². The molecular weight excluding hydrogens is 178 g/mol. The van der Waals surface area contributed by atoms with Crippen LogP contribution in [-0.2, 0) is 0 Å². The van der Waals surface area contributed by atoms with Crippen molar-refractivity contribution in [3.8, 4) is 0 Å². The predicted molar refractivity (Wildman–Crippen MR) is 64.0 cm³/mol. The maximum atomic E-state index is 5.94. The molecule has 0 aromatic heterocycles. The van der Waals surface area contributed by atoms with Gasteiger partial charge in [0.1, 0.15) is 0 Å². The van der Waals surface area contributed by atoms with Gasteiger partial charge in [0.05, 0.1) is 5.37 Å². The zero-order valence-corrected chi connectivity index (χ0v) is 10.4. The van der Waals surface area contributed by atoms with Crippen LogP contribution in [0.25, 0.3) is 0 Å². The molecule has 0 aromatic carbocycles. The van der Waals surface area contributed by atoms with Gasteiger partial charge in [0, 0.05) is 0 Å². The average Bonchev–Trinajstić information content (AvgIpc) is 2.13. The van der Waals surface area contributed by atoms with Crippen LogP contribution in [0.15, 0.2) is 0 Å². The summed E-state index contributed by atoms with van der Waals surface area (Å²) in [5, 5.41) is 0.358. The summed E-state index contributed by atoms with van der Waals surface area (Å²) in [5.74, 6) is 2.86. The lowest BCUT2D eigenvalue weighted by molar-refractivity contribution is 0.413. The molecule has 0 saturated heterocycles. The van der Waals surface area contributed by atoms with Gasteiger partial charge in [-0.05, 0) is 24.0 Å². The zero-order chi connectivity index (χ0) is 10.3. The molecule has 0 aromatic rings. The first-order valence-electron chi connectivity index (χ1n) is 5.48. The average molecular weight is 203 g/mol. The van der Waals surface area contributed by atoms with E-state index in [1.807, 2.05) is 11.8 Å². The normalized spacial score (nSPS) is 18.2. The van der Waals surface area contributed by atoms with Gasteiger partial charge in [0.15, 0.2) is 0 Å². The highest BCUT2D eigenvalue weighted by molar-refractivity contribution is 7.99. The quantitative estimate of drug-likeness (QED) is 0.641. The predicted octanol–water partition coefficient (Wildman–Crippen LogP) is 3.49. The van der Waals surface area contributed by atoms with Crippen LogP contribution in [0.3, 0.4) is 0 Å². The van der Waals surface area contributed by atoms with Gasteiger partial charge in [-0.25, -0.2) is 0 Å². The highest BCUT2D eigenvalue weighted by Gasteiger charge is 2.11. The number of hydrogen-bond donors (Lipinski definition) is 1. The standard InChI is InChI=1S/C11H25NS/c1-5-7-11(12)13-8-10(4)9(3)6-2/h9-11H,5-8,12H2,1-4H3/t9-,10+,11?/m1/s1. The van der Waals surface area contributed by atoms with Crippen molar-refractivity contribution in [2.45, 2.75) is 52.3 Å². The van der Waals surface area contributed by atoms with Crippen molar-refractivity contribution in [2.24, 2.45) is 17.6 Å². The van der Waals surface area contributed by atoms with Crippen molar-refractivity contribution in [3.05, 3.63) is 0 Å². The van der Waals surface area contributed by atoms with E-state index in [0.29, 0.717) is 5.37 Å². The second-order valence-electron chi connectivity index (χ2n) is 4.02. The smallest absolute Gasteiger partial charge is 0.0507 e. The zero-order valence-electron chi connectivity index (χ0n) is 9.55. The van der Waals surface area contributed by atoms with Crippen molar-refractivity contribution in [2.75, 3.05) is 5.75 Å². The Morgan fingerprint density at radius 1 is 1.15 bits per heavy atom. The van der Waals surface area contributed by atoms with Crippen molar-refractivity contribution in [1.82, 2.24) is 0 Å². The highest BCUT2D eigenvalue weighted by Crippen LogP contribution is 2.22. The number of hydrogen-bond acceptors (Lipinski definition) is 2. The van der Waals surface area contributed by atoms with Gasteiger partial charge in [-0.3, -0.25) is 0 Å². The van der Waals surface area contributed by atoms with Crippen LogP contribution >= 0.6 is 11.8 Å². The fourth-order valence-corrected chi connectivity index (χ4v) is 2.49. The van der Waals surface area contributed by atoms with Gasteiger partial charge in [0.2, 0.25) is 0 Å². The minimum absolute atomic E-state index is 0.358. The Morgan fingerprint density at radius 3 is 2.23 bits per heavy atom. The third-order valence-corrected chi connectivity index (χ3v) is 4.14. The summed E-state index contributed by atoms with van der Waals surface area (Å²) in [6, 6.07) is 0. The van der Waals surface area contributed by atoms with Crippen LogP contribution in [0.4, 0.5) is 0 Å². The number of rotatable bonds is 7. The minimum atomic E-state index is 0.358. The lowest BCUT2D eigenvalue weighted by Gasteiger charge is -2.19. The Bertz CT molecular complexity index is 117. The molecule has 0 aliphatic carbocycles. The Kier molecular flexibility index (Phi) is 7.87. The van der Waals surface area contributed by atoms with Crippen LogP contribution in [0.2, 0.25) is 0 Å². The van der Waals surface area contributed by atoms with Crippen LogP contribution in [0, 0.1) is 11.8 Å². The fourth-order valence-electron chi connectivity index (χ4n) is 1.21. The number of thioether (sulfide) groups is 1. The van der Waals surface area contributed by atoms with Crippen molar-refractivity contribution in [1.29, 1.82) is 0 Å². The fraction of sp³-hybridized carbons (Fsp3) is 1.00. The summed E-state index contributed by atoms with van der Waals surface area (Å²) in [5.41, 5.74) is 5.94. The van der Waals surface area contributed by atoms with Crippen molar-refractivity contribution in [3.63, 3.8) is 0 Å². The van der Waals surface area contributed by atoms with E-state index < -0.39 is 0 Å². The Morgan fingerprint density at radius 2 is 1.77 bits per heavy atom. The number of nitrogens with two attached hydrogens (primary N) is 1. The van der Waals surface area contributed by atoms with E-state index in [1.165, 1.54) is 18.6 Å². The molecule has 13 heavy (non-hydrogen) atoms. The molecule has 0 aliphatic rings. The van der Waals surface area contributed by atoms with Crippen LogP contribution in [0.1, 0.15) is 47.0 Å². The topological polar surface area (TPSA) is 26.0 Å². The van der Waals surface area contributed by atoms with E-state index in [2.05, 4.69) is 27.7 Å². The van der Waals surface area contributed by atoms with E-state index in [9.17, 15) is 0 Å². The molecule has 0 spiro atoms. The Hall–Kier alpha value is 0.310. The van der Waals surface area contributed by atoms with Crippen molar-refractivity contribution < 1.29 is 0 Å². The molecular formula is C11H25NS. The summed E-state index contributed by atoms with van der Waals surface area (Å²) in [6.45, 7) is 9.12. The largest absolute Gasteiger partial charge is 0.319 e. The van der Waals surface area contributed by atoms with Gasteiger partial charge < -0.3 is 5.73 Å². The Labute approximate surface area is 87.9 Å². The molecule has 80 valence electrons. The van der Waals surface area contributed by atoms with Crippen molar-refractivity contribution >= 4 is 11.8 Å². The molecule has 0 aliphatic heterocycles. The van der Waals surface area contributed by atoms with E-state index in [-0.39, 0.29) is 0 Å². The first kappa shape index (κ1) is 13.3. The van der Waals surface area contributed by atoms with Gasteiger partial charge in [-0.1, -0.05) is 40.5 Å². The lowest BCUT2D eigenvalue weighted by atomic mass is 9.96. The molecule has 0 amide bonds. The molecule has 0 bridgehead atoms. The highest BCUT2D eigenvalue weighted by atomic mass is 32.2. The third-order valence-electron chi connectivity index (χ3n) is 2.76. The van der Waals surface area contributed by atoms with E-state index in [4.69, 9.17) is 5.73 Å². The van der Waals surface area contributed by atoms with Gasteiger partial charge >= 0.3 is 0 Å². The molecule has 0 rings (SSSR count). The summed E-state index contributed by atoms with van der Waals surface area (Å²) in [7, 11) is 0. The van der Waals surface area contributed by atoms with Crippen LogP contribution in [0.5, 0.6) is 0 Å². The second-order valence-corrected chi connectivity index (χ2v) is 5.30. The summed E-state index contributed by atoms with van der Waals surface area (Å²) < 4.78 is 0. The minimum Gasteiger partial charge on any atom is -0.319 e. The molecule has 2 N–H and O–H groups in total. The molecule has 1 unspecified atom stereocenters. The van der Waals surface area contributed by atoms with Gasteiger partial charge in [0.25, 0.3) is 0 Å². The maximum Gasteiger partial charge on any atom is 0.0507 e. The van der Waals surface area contributed by atoms with Gasteiger partial charge in [-0.2, -0.15) is 0 Å². The van der Waals surface area contributed by atoms with Gasteiger partial charge in [-0.15, -0.1) is 11.8 Å². The van der Waals surface area contributed by atoms with Crippen LogP contribution < -0.4 is 5.73 Å². The molecule has 3 atom stereocenters. The monoisotopic (exact) mass is 203 g/mol. The van der Waals surface area contributed by atoms with E-state index >= 15 is 0 Å². The molecule has 2 heteroatoms. The SMILES string of the molecule is CCCC(N)SC[C@H](C)[C@H](C)CC. The molecule has 0 fully saturated rings. The third kappa shape index (κ3) is 6.39. The first-order valence-corrected chi connectivity index (χ1v) is 6.53. The Balaban J connectivity index is 3.50. The van der Waals surface area contributed by atoms with E-state index in [0.717, 1.165) is 18.3 Å². The molecule has 0 heterocycles. The molecule has 1 nitrogen and oxygen atoms in total. The summed E-state index contributed by atoms with van der Waals surface area (Å²) in [4.78, 5) is 0.